The Morgan fingerprint density at radius 3 is 2.67 bits per heavy atom. The molecule has 0 heterocycles. The Kier molecular flexibility index (Phi) is 6.69. The fourth-order valence-electron chi connectivity index (χ4n) is 1.35. The second-order valence-electron chi connectivity index (χ2n) is 3.43. The highest BCUT2D eigenvalue weighted by molar-refractivity contribution is 8.17. The lowest BCUT2D eigenvalue weighted by atomic mass is 10.1. The van der Waals surface area contributed by atoms with Crippen LogP contribution in [-0.2, 0) is 6.42 Å². The van der Waals surface area contributed by atoms with Gasteiger partial charge >= 0.3 is 0 Å². The highest BCUT2D eigenvalue weighted by atomic mass is 32.2. The third kappa shape index (κ3) is 5.95. The first-order chi connectivity index (χ1) is 7.33. The molecule has 0 saturated carbocycles. The van der Waals surface area contributed by atoms with Gasteiger partial charge in [-0.3, -0.25) is 0 Å². The minimum absolute atomic E-state index is 1.13. The third-order valence-electron chi connectivity index (χ3n) is 2.14. The molecule has 82 valence electrons. The van der Waals surface area contributed by atoms with Crippen LogP contribution in [0.25, 0.3) is 0 Å². The summed E-state index contributed by atoms with van der Waals surface area (Å²) in [4.78, 5) is 1.32. The van der Waals surface area contributed by atoms with Gasteiger partial charge in [0.2, 0.25) is 0 Å². The second-order valence-corrected chi connectivity index (χ2v) is 5.81. The molecule has 1 aromatic rings. The van der Waals surface area contributed by atoms with Gasteiger partial charge in [-0.15, -0.1) is 11.8 Å². The van der Waals surface area contributed by atoms with E-state index in [0.717, 1.165) is 11.5 Å². The Morgan fingerprint density at radius 2 is 2.00 bits per heavy atom. The molecule has 0 aromatic heterocycles. The van der Waals surface area contributed by atoms with Crippen LogP contribution in [0, 0.1) is 0 Å². The van der Waals surface area contributed by atoms with E-state index >= 15 is 0 Å². The Bertz CT molecular complexity index is 280. The molecular weight excluding hydrogens is 220 g/mol. The average molecular weight is 238 g/mol. The van der Waals surface area contributed by atoms with Gasteiger partial charge in [-0.25, -0.2) is 0 Å². The predicted molar refractivity (Wildman–Crippen MR) is 74.5 cm³/mol. The highest BCUT2D eigenvalue weighted by Gasteiger charge is 1.96. The maximum absolute atomic E-state index is 4.07. The van der Waals surface area contributed by atoms with Crippen molar-refractivity contribution >= 4 is 23.5 Å². The third-order valence-corrected chi connectivity index (χ3v) is 4.17. The summed E-state index contributed by atoms with van der Waals surface area (Å²) in [6, 6.07) is 10.7. The van der Waals surface area contributed by atoms with Crippen molar-refractivity contribution in [3.8, 4) is 0 Å². The van der Waals surface area contributed by atoms with Crippen LogP contribution in [0.5, 0.6) is 0 Å². The standard InChI is InChI=1S/C13H18S2/c1-12(15-11-14-2)7-6-10-13-8-4-3-5-9-13/h3-5,8-9H,1,6-7,10-11H2,2H3. The molecule has 2 heteroatoms. The molecule has 0 amide bonds. The van der Waals surface area contributed by atoms with Crippen molar-refractivity contribution in [2.75, 3.05) is 11.3 Å². The van der Waals surface area contributed by atoms with Crippen molar-refractivity contribution in [1.82, 2.24) is 0 Å². The first-order valence-electron chi connectivity index (χ1n) is 5.16. The quantitative estimate of drug-likeness (QED) is 0.638. The van der Waals surface area contributed by atoms with Crippen LogP contribution in [0.2, 0.25) is 0 Å². The summed E-state index contributed by atoms with van der Waals surface area (Å²) in [5, 5.41) is 1.13. The van der Waals surface area contributed by atoms with Crippen molar-refractivity contribution in [3.05, 3.63) is 47.4 Å². The minimum Gasteiger partial charge on any atom is -0.154 e. The summed E-state index contributed by atoms with van der Waals surface area (Å²) in [6.07, 6.45) is 5.65. The molecule has 0 unspecified atom stereocenters. The molecule has 0 spiro atoms. The van der Waals surface area contributed by atoms with E-state index in [4.69, 9.17) is 0 Å². The maximum atomic E-state index is 4.07. The van der Waals surface area contributed by atoms with Crippen LogP contribution in [0.4, 0.5) is 0 Å². The maximum Gasteiger partial charge on any atom is 0.0433 e. The molecule has 0 aliphatic rings. The summed E-state index contributed by atoms with van der Waals surface area (Å²) < 4.78 is 0. The molecule has 15 heavy (non-hydrogen) atoms. The Labute approximate surface area is 102 Å². The summed E-state index contributed by atoms with van der Waals surface area (Å²) in [5.74, 6) is 0. The number of aryl methyl sites for hydroxylation is 1. The smallest absolute Gasteiger partial charge is 0.0433 e. The van der Waals surface area contributed by atoms with E-state index in [0.29, 0.717) is 0 Å². The molecule has 0 fully saturated rings. The van der Waals surface area contributed by atoms with Crippen molar-refractivity contribution in [3.63, 3.8) is 0 Å². The van der Waals surface area contributed by atoms with Gasteiger partial charge in [0.15, 0.2) is 0 Å². The Morgan fingerprint density at radius 1 is 1.27 bits per heavy atom. The molecular formula is C13H18S2. The van der Waals surface area contributed by atoms with E-state index in [2.05, 4.69) is 43.2 Å². The van der Waals surface area contributed by atoms with Crippen LogP contribution in [0.3, 0.4) is 0 Å². The van der Waals surface area contributed by atoms with Crippen molar-refractivity contribution in [2.24, 2.45) is 0 Å². The van der Waals surface area contributed by atoms with Crippen LogP contribution in [-0.4, -0.2) is 11.3 Å². The van der Waals surface area contributed by atoms with Gasteiger partial charge in [-0.2, -0.15) is 11.8 Å². The molecule has 0 saturated heterocycles. The minimum atomic E-state index is 1.13. The zero-order valence-corrected chi connectivity index (χ0v) is 10.9. The Balaban J connectivity index is 2.14. The van der Waals surface area contributed by atoms with Gasteiger partial charge < -0.3 is 0 Å². The molecule has 0 aliphatic heterocycles. The van der Waals surface area contributed by atoms with Gasteiger partial charge in [0.05, 0.1) is 0 Å². The Hall–Kier alpha value is -0.340. The zero-order chi connectivity index (χ0) is 10.9. The zero-order valence-electron chi connectivity index (χ0n) is 9.24. The summed E-state index contributed by atoms with van der Waals surface area (Å²) in [5.41, 5.74) is 1.43. The lowest BCUT2D eigenvalue weighted by Crippen LogP contribution is -1.85. The molecule has 0 aliphatic carbocycles. The largest absolute Gasteiger partial charge is 0.154 e. The molecule has 0 atom stereocenters. The summed E-state index contributed by atoms with van der Waals surface area (Å²) >= 11 is 3.74. The van der Waals surface area contributed by atoms with Crippen molar-refractivity contribution < 1.29 is 0 Å². The van der Waals surface area contributed by atoms with E-state index in [1.807, 2.05) is 23.5 Å². The van der Waals surface area contributed by atoms with Gasteiger partial charge in [0, 0.05) is 5.08 Å². The fourth-order valence-corrected chi connectivity index (χ4v) is 2.78. The molecule has 1 aromatic carbocycles. The highest BCUT2D eigenvalue weighted by Crippen LogP contribution is 2.22. The lowest BCUT2D eigenvalue weighted by Gasteiger charge is -2.04. The number of hydrogen-bond acceptors (Lipinski definition) is 2. The molecule has 1 rings (SSSR count). The molecule has 0 bridgehead atoms. The van der Waals surface area contributed by atoms with Crippen LogP contribution in [0.1, 0.15) is 18.4 Å². The monoisotopic (exact) mass is 238 g/mol. The molecule has 0 nitrogen and oxygen atoms in total. The first-order valence-corrected chi connectivity index (χ1v) is 7.54. The normalized spacial score (nSPS) is 10.2. The number of benzene rings is 1. The lowest BCUT2D eigenvalue weighted by molar-refractivity contribution is 0.838. The predicted octanol–water partition coefficient (Wildman–Crippen LogP) is 4.58. The van der Waals surface area contributed by atoms with Gasteiger partial charge in [0.25, 0.3) is 0 Å². The van der Waals surface area contributed by atoms with E-state index < -0.39 is 0 Å². The summed E-state index contributed by atoms with van der Waals surface area (Å²) in [6.45, 7) is 4.07. The van der Waals surface area contributed by atoms with Gasteiger partial charge in [0.1, 0.15) is 0 Å². The van der Waals surface area contributed by atoms with Crippen molar-refractivity contribution in [2.45, 2.75) is 19.3 Å². The number of rotatable bonds is 7. The summed E-state index contributed by atoms with van der Waals surface area (Å²) in [7, 11) is 0. The van der Waals surface area contributed by atoms with Crippen LogP contribution in [0.15, 0.2) is 41.8 Å². The van der Waals surface area contributed by atoms with Crippen molar-refractivity contribution in [1.29, 1.82) is 0 Å². The first kappa shape index (κ1) is 12.7. The number of allylic oxidation sites excluding steroid dienone is 1. The number of hydrogen-bond donors (Lipinski definition) is 0. The van der Waals surface area contributed by atoms with E-state index in [-0.39, 0.29) is 0 Å². The fraction of sp³-hybridized carbons (Fsp3) is 0.385. The molecule has 0 radical (unpaired) electrons. The van der Waals surface area contributed by atoms with Gasteiger partial charge in [-0.1, -0.05) is 36.9 Å². The van der Waals surface area contributed by atoms with E-state index in [9.17, 15) is 0 Å². The van der Waals surface area contributed by atoms with Crippen LogP contribution >= 0.6 is 23.5 Å². The average Bonchev–Trinajstić information content (AvgIpc) is 2.28. The molecule has 0 N–H and O–H groups in total. The second kappa shape index (κ2) is 7.89. The van der Waals surface area contributed by atoms with E-state index in [1.54, 1.807) is 0 Å². The van der Waals surface area contributed by atoms with E-state index in [1.165, 1.54) is 23.3 Å². The number of thioether (sulfide) groups is 2. The van der Waals surface area contributed by atoms with Crippen LogP contribution < -0.4 is 0 Å². The SMILES string of the molecule is C=C(CCCc1ccccc1)SCSC. The van der Waals surface area contributed by atoms with Gasteiger partial charge in [-0.05, 0) is 36.0 Å². The topological polar surface area (TPSA) is 0 Å².